The first-order valence-corrected chi connectivity index (χ1v) is 12.0. The molecule has 0 bridgehead atoms. The average Bonchev–Trinajstić information content (AvgIpc) is 2.88. The predicted octanol–water partition coefficient (Wildman–Crippen LogP) is 5.02. The van der Waals surface area contributed by atoms with Gasteiger partial charge in [0.05, 0.1) is 23.0 Å². The molecule has 3 aromatic carbocycles. The van der Waals surface area contributed by atoms with Crippen LogP contribution in [0.5, 0.6) is 11.5 Å². The SMILES string of the molecule is CC(C)(C)c1cccc(C=Nc2ccc(C#N)cc2N=Cc2cccc(C(C)(C)C)c2[O-])c1[O-].CO.CO.[Zn+2]. The second-order valence-corrected chi connectivity index (χ2v) is 10.3. The van der Waals surface area contributed by atoms with Crippen LogP contribution in [-0.4, -0.2) is 36.9 Å². The van der Waals surface area contributed by atoms with Gasteiger partial charge in [-0.25, -0.2) is 0 Å². The van der Waals surface area contributed by atoms with Gasteiger partial charge in [-0.05, 0) is 51.3 Å². The standard InChI is InChI=1S/C29H31N3O2.2CH4O.Zn/c1-28(2,3)22-11-7-9-20(26(22)33)17-31-24-14-13-19(16-30)15-25(24)32-18-21-10-8-12-23(27(21)34)29(4,5)6;2*1-2;/h7-15,17-18,33-34H,1-6H3;2*2H,1H3;/q;;;+2/p-2. The van der Waals surface area contributed by atoms with Crippen LogP contribution in [0.15, 0.2) is 64.6 Å². The minimum atomic E-state index is -0.283. The van der Waals surface area contributed by atoms with Crippen LogP contribution in [0.1, 0.15) is 69.4 Å². The molecular formula is C31H37N3O4Zn. The number of para-hydroxylation sites is 2. The first-order chi connectivity index (χ1) is 17.9. The second-order valence-electron chi connectivity index (χ2n) is 10.3. The summed E-state index contributed by atoms with van der Waals surface area (Å²) in [5, 5.41) is 49.1. The Morgan fingerprint density at radius 3 is 1.49 bits per heavy atom. The Balaban J connectivity index is 0.00000276. The largest absolute Gasteiger partial charge is 2.00 e. The van der Waals surface area contributed by atoms with E-state index in [0.717, 1.165) is 19.8 Å². The van der Waals surface area contributed by atoms with Gasteiger partial charge in [-0.3, -0.25) is 9.98 Å². The van der Waals surface area contributed by atoms with E-state index in [-0.39, 0.29) is 41.8 Å². The average molecular weight is 581 g/mol. The molecule has 0 saturated heterocycles. The number of rotatable bonds is 4. The summed E-state index contributed by atoms with van der Waals surface area (Å²) >= 11 is 0. The Morgan fingerprint density at radius 1 is 0.692 bits per heavy atom. The third-order valence-corrected chi connectivity index (χ3v) is 5.50. The fraction of sp³-hybridized carbons (Fsp3) is 0.323. The van der Waals surface area contributed by atoms with Gasteiger partial charge in [0.25, 0.3) is 0 Å². The summed E-state index contributed by atoms with van der Waals surface area (Å²) in [6.07, 6.45) is 3.03. The smallest absolute Gasteiger partial charge is 0.872 e. The Morgan fingerprint density at radius 2 is 1.10 bits per heavy atom. The molecule has 0 aromatic heterocycles. The van der Waals surface area contributed by atoms with Gasteiger partial charge in [-0.2, -0.15) is 5.26 Å². The van der Waals surface area contributed by atoms with Gasteiger partial charge < -0.3 is 20.4 Å². The first kappa shape index (κ1) is 35.6. The van der Waals surface area contributed by atoms with Gasteiger partial charge in [0.2, 0.25) is 0 Å². The molecule has 3 rings (SSSR count). The van der Waals surface area contributed by atoms with Gasteiger partial charge in [0.1, 0.15) is 0 Å². The van der Waals surface area contributed by atoms with Crippen LogP contribution in [0.3, 0.4) is 0 Å². The molecule has 0 unspecified atom stereocenters. The van der Waals surface area contributed by atoms with Gasteiger partial charge >= 0.3 is 19.5 Å². The number of hydrogen-bond donors (Lipinski definition) is 2. The van der Waals surface area contributed by atoms with E-state index < -0.39 is 0 Å². The molecular weight excluding hydrogens is 544 g/mol. The van der Waals surface area contributed by atoms with E-state index in [2.05, 4.69) is 16.1 Å². The van der Waals surface area contributed by atoms with Crippen molar-refractivity contribution in [2.24, 2.45) is 9.98 Å². The van der Waals surface area contributed by atoms with E-state index >= 15 is 0 Å². The number of hydrogen-bond acceptors (Lipinski definition) is 7. The molecule has 0 amide bonds. The summed E-state index contributed by atoms with van der Waals surface area (Å²) in [6, 6.07) is 17.9. The van der Waals surface area contributed by atoms with Crippen molar-refractivity contribution in [3.05, 3.63) is 82.4 Å². The minimum absolute atomic E-state index is 0. The fourth-order valence-corrected chi connectivity index (χ4v) is 3.58. The van der Waals surface area contributed by atoms with E-state index in [4.69, 9.17) is 10.2 Å². The summed E-state index contributed by atoms with van der Waals surface area (Å²) in [4.78, 5) is 8.99. The Kier molecular flexibility index (Phi) is 14.5. The summed E-state index contributed by atoms with van der Waals surface area (Å²) < 4.78 is 0. The number of aliphatic hydroxyl groups excluding tert-OH is 2. The van der Waals surface area contributed by atoms with Crippen LogP contribution in [-0.2, 0) is 30.3 Å². The molecule has 202 valence electrons. The van der Waals surface area contributed by atoms with Crippen LogP contribution in [0.25, 0.3) is 0 Å². The molecule has 8 heteroatoms. The van der Waals surface area contributed by atoms with E-state index in [9.17, 15) is 15.5 Å². The van der Waals surface area contributed by atoms with Crippen molar-refractivity contribution in [3.63, 3.8) is 0 Å². The fourth-order valence-electron chi connectivity index (χ4n) is 3.58. The van der Waals surface area contributed by atoms with Crippen molar-refractivity contribution in [2.45, 2.75) is 52.4 Å². The molecule has 3 aromatic rings. The van der Waals surface area contributed by atoms with Gasteiger partial charge in [-0.1, -0.05) is 89.4 Å². The number of aliphatic imine (C=N–C) groups is 2. The van der Waals surface area contributed by atoms with Crippen LogP contribution in [0, 0.1) is 11.3 Å². The molecule has 7 nitrogen and oxygen atoms in total. The minimum Gasteiger partial charge on any atom is -0.872 e. The number of nitrogens with zero attached hydrogens (tertiary/aromatic N) is 3. The zero-order valence-corrected chi connectivity index (χ0v) is 27.1. The number of aliphatic hydroxyl groups is 2. The third kappa shape index (κ3) is 9.71. The van der Waals surface area contributed by atoms with Crippen molar-refractivity contribution in [2.75, 3.05) is 14.2 Å². The van der Waals surface area contributed by atoms with E-state index in [1.54, 1.807) is 30.3 Å². The van der Waals surface area contributed by atoms with Crippen molar-refractivity contribution in [1.82, 2.24) is 0 Å². The summed E-state index contributed by atoms with van der Waals surface area (Å²) in [7, 11) is 2.00. The predicted molar refractivity (Wildman–Crippen MR) is 151 cm³/mol. The third-order valence-electron chi connectivity index (χ3n) is 5.50. The molecule has 0 aliphatic rings. The Hall–Kier alpha value is -3.37. The van der Waals surface area contributed by atoms with Crippen molar-refractivity contribution in [1.29, 1.82) is 5.26 Å². The van der Waals surface area contributed by atoms with Crippen molar-refractivity contribution >= 4 is 23.8 Å². The number of nitriles is 1. The maximum absolute atomic E-state index is 12.9. The van der Waals surface area contributed by atoms with E-state index in [1.807, 2.05) is 65.8 Å². The molecule has 0 atom stereocenters. The Bertz CT molecular complexity index is 1310. The molecule has 0 spiro atoms. The van der Waals surface area contributed by atoms with Crippen LogP contribution in [0.2, 0.25) is 0 Å². The summed E-state index contributed by atoms with van der Waals surface area (Å²) in [6.45, 7) is 12.0. The summed E-state index contributed by atoms with van der Waals surface area (Å²) in [5.41, 5.74) is 3.17. The van der Waals surface area contributed by atoms with Gasteiger partial charge in [0, 0.05) is 26.6 Å². The van der Waals surface area contributed by atoms with E-state index in [1.165, 1.54) is 12.4 Å². The quantitative estimate of drug-likeness (QED) is 0.330. The zero-order chi connectivity index (χ0) is 29.1. The summed E-state index contributed by atoms with van der Waals surface area (Å²) in [5.74, 6) is -0.136. The molecule has 0 fully saturated rings. The molecule has 0 aliphatic heterocycles. The van der Waals surface area contributed by atoms with Gasteiger partial charge in [0.15, 0.2) is 0 Å². The zero-order valence-electron chi connectivity index (χ0n) is 24.1. The topological polar surface area (TPSA) is 135 Å². The van der Waals surface area contributed by atoms with Crippen molar-refractivity contribution in [3.8, 4) is 17.6 Å². The first-order valence-electron chi connectivity index (χ1n) is 12.0. The molecule has 0 heterocycles. The van der Waals surface area contributed by atoms with Crippen LogP contribution in [0.4, 0.5) is 11.4 Å². The normalized spacial score (nSPS) is 11.1. The molecule has 0 aliphatic carbocycles. The molecule has 0 radical (unpaired) electrons. The Labute approximate surface area is 245 Å². The van der Waals surface area contributed by atoms with Crippen LogP contribution >= 0.6 is 0 Å². The number of benzene rings is 3. The van der Waals surface area contributed by atoms with E-state index in [0.29, 0.717) is 33.6 Å². The maximum atomic E-state index is 12.9. The molecule has 0 saturated carbocycles. The molecule has 2 N–H and O–H groups in total. The monoisotopic (exact) mass is 579 g/mol. The van der Waals surface area contributed by atoms with Crippen molar-refractivity contribution < 1.29 is 39.9 Å². The van der Waals surface area contributed by atoms with Crippen LogP contribution < -0.4 is 10.2 Å². The second kappa shape index (κ2) is 15.9. The maximum Gasteiger partial charge on any atom is 2.00 e. The molecule has 39 heavy (non-hydrogen) atoms. The van der Waals surface area contributed by atoms with Gasteiger partial charge in [-0.15, -0.1) is 0 Å².